The third kappa shape index (κ3) is 5.75. The van der Waals surface area contributed by atoms with Crippen LogP contribution in [0.1, 0.15) is 24.1 Å². The van der Waals surface area contributed by atoms with Crippen LogP contribution in [-0.2, 0) is 11.3 Å². The minimum Gasteiger partial charge on any atom is -0.496 e. The van der Waals surface area contributed by atoms with Gasteiger partial charge in [0.2, 0.25) is 5.91 Å². The number of anilines is 1. The molecular weight excluding hydrogens is 394 g/mol. The molecule has 0 spiro atoms. The first-order chi connectivity index (χ1) is 12.4. The van der Waals surface area contributed by atoms with Crippen LogP contribution in [0.25, 0.3) is 0 Å². The van der Waals surface area contributed by atoms with E-state index in [0.717, 1.165) is 27.0 Å². The Labute approximate surface area is 163 Å². The lowest BCUT2D eigenvalue weighted by Crippen LogP contribution is -2.34. The molecule has 0 unspecified atom stereocenters. The summed E-state index contributed by atoms with van der Waals surface area (Å²) in [6.45, 7) is 2.82. The van der Waals surface area contributed by atoms with Gasteiger partial charge in [-0.05, 0) is 58.2 Å². The van der Waals surface area contributed by atoms with Crippen molar-refractivity contribution in [3.8, 4) is 5.75 Å². The molecule has 2 aromatic rings. The zero-order valence-electron chi connectivity index (χ0n) is 15.7. The highest BCUT2D eigenvalue weighted by atomic mass is 79.9. The predicted octanol–water partition coefficient (Wildman–Crippen LogP) is 3.49. The smallest absolute Gasteiger partial charge is 0.234 e. The first kappa shape index (κ1) is 20.3. The average molecular weight is 420 g/mol. The summed E-state index contributed by atoms with van der Waals surface area (Å²) in [4.78, 5) is 14.1. The van der Waals surface area contributed by atoms with Gasteiger partial charge in [0.25, 0.3) is 0 Å². The number of benzene rings is 2. The van der Waals surface area contributed by atoms with Crippen LogP contribution in [0.5, 0.6) is 5.75 Å². The Morgan fingerprint density at radius 1 is 1.19 bits per heavy atom. The first-order valence-electron chi connectivity index (χ1n) is 8.50. The maximum atomic E-state index is 12.1. The Hall–Kier alpha value is -2.05. The van der Waals surface area contributed by atoms with E-state index in [1.807, 2.05) is 68.4 Å². The summed E-state index contributed by atoms with van der Waals surface area (Å²) in [6, 6.07) is 14.1. The lowest BCUT2D eigenvalue weighted by molar-refractivity contribution is -0.120. The molecule has 2 rings (SSSR count). The summed E-state index contributed by atoms with van der Waals surface area (Å²) in [5.41, 5.74) is 3.31. The van der Waals surface area contributed by atoms with E-state index in [-0.39, 0.29) is 18.5 Å². The second-order valence-electron chi connectivity index (χ2n) is 6.33. The monoisotopic (exact) mass is 419 g/mol. The highest BCUT2D eigenvalue weighted by Gasteiger charge is 2.10. The van der Waals surface area contributed by atoms with Crippen molar-refractivity contribution in [2.75, 3.05) is 32.6 Å². The van der Waals surface area contributed by atoms with Gasteiger partial charge in [-0.25, -0.2) is 0 Å². The highest BCUT2D eigenvalue weighted by Crippen LogP contribution is 2.27. The van der Waals surface area contributed by atoms with Gasteiger partial charge in [0, 0.05) is 32.4 Å². The van der Waals surface area contributed by atoms with Crippen molar-refractivity contribution < 1.29 is 9.53 Å². The molecule has 5 nitrogen and oxygen atoms in total. The van der Waals surface area contributed by atoms with Crippen LogP contribution < -0.4 is 20.3 Å². The van der Waals surface area contributed by atoms with Crippen LogP contribution in [0.15, 0.2) is 46.9 Å². The number of nitrogens with zero attached hydrogens (tertiary/aromatic N) is 1. The topological polar surface area (TPSA) is 53.6 Å². The summed E-state index contributed by atoms with van der Waals surface area (Å²) < 4.78 is 6.14. The third-order valence-electron chi connectivity index (χ3n) is 4.19. The van der Waals surface area contributed by atoms with E-state index < -0.39 is 0 Å². The van der Waals surface area contributed by atoms with Crippen LogP contribution in [0, 0.1) is 0 Å². The number of halogens is 1. The average Bonchev–Trinajstić information content (AvgIpc) is 2.64. The minimum absolute atomic E-state index is 0.0267. The molecule has 0 aliphatic heterocycles. The van der Waals surface area contributed by atoms with Crippen molar-refractivity contribution in [2.24, 2.45) is 0 Å². The Balaban J connectivity index is 1.80. The Morgan fingerprint density at radius 2 is 1.88 bits per heavy atom. The zero-order chi connectivity index (χ0) is 19.1. The summed E-state index contributed by atoms with van der Waals surface area (Å²) in [5, 5.41) is 6.18. The number of nitrogens with one attached hydrogen (secondary N) is 2. The Bertz CT molecular complexity index is 732. The van der Waals surface area contributed by atoms with Gasteiger partial charge in [-0.15, -0.1) is 0 Å². The maximum Gasteiger partial charge on any atom is 0.234 e. The van der Waals surface area contributed by atoms with Gasteiger partial charge in [0.15, 0.2) is 0 Å². The lowest BCUT2D eigenvalue weighted by atomic mass is 10.1. The van der Waals surface area contributed by atoms with E-state index in [4.69, 9.17) is 4.74 Å². The van der Waals surface area contributed by atoms with Crippen molar-refractivity contribution in [1.29, 1.82) is 0 Å². The molecule has 0 saturated carbocycles. The van der Waals surface area contributed by atoms with Crippen LogP contribution in [0.3, 0.4) is 0 Å². The normalized spacial score (nSPS) is 11.7. The highest BCUT2D eigenvalue weighted by molar-refractivity contribution is 9.10. The Morgan fingerprint density at radius 3 is 2.46 bits per heavy atom. The number of rotatable bonds is 8. The third-order valence-corrected chi connectivity index (χ3v) is 4.81. The quantitative estimate of drug-likeness (QED) is 0.687. The molecular formula is C20H26BrN3O2. The van der Waals surface area contributed by atoms with Crippen LogP contribution in [-0.4, -0.2) is 33.7 Å². The summed E-state index contributed by atoms with van der Waals surface area (Å²) in [5.74, 6) is 0.764. The van der Waals surface area contributed by atoms with Gasteiger partial charge < -0.3 is 20.3 Å². The number of ether oxygens (including phenoxy) is 1. The van der Waals surface area contributed by atoms with Crippen LogP contribution >= 0.6 is 15.9 Å². The van der Waals surface area contributed by atoms with Crippen molar-refractivity contribution in [1.82, 2.24) is 10.6 Å². The van der Waals surface area contributed by atoms with Gasteiger partial charge in [0.1, 0.15) is 5.75 Å². The van der Waals surface area contributed by atoms with Crippen molar-refractivity contribution >= 4 is 27.5 Å². The van der Waals surface area contributed by atoms with Crippen molar-refractivity contribution in [3.05, 3.63) is 58.1 Å². The molecule has 26 heavy (non-hydrogen) atoms. The second kappa shape index (κ2) is 9.59. The van der Waals surface area contributed by atoms with E-state index in [1.165, 1.54) is 0 Å². The lowest BCUT2D eigenvalue weighted by Gasteiger charge is -2.16. The fourth-order valence-electron chi connectivity index (χ4n) is 2.49. The molecule has 0 aromatic heterocycles. The molecule has 0 heterocycles. The van der Waals surface area contributed by atoms with Gasteiger partial charge in [-0.1, -0.05) is 18.2 Å². The molecule has 1 atom stereocenters. The molecule has 0 aliphatic rings. The summed E-state index contributed by atoms with van der Waals surface area (Å²) in [7, 11) is 5.65. The molecule has 140 valence electrons. The number of hydrogen-bond donors (Lipinski definition) is 2. The van der Waals surface area contributed by atoms with E-state index >= 15 is 0 Å². The number of amides is 1. The number of carbonyl (C=O) groups is 1. The van der Waals surface area contributed by atoms with E-state index in [0.29, 0.717) is 6.54 Å². The fourth-order valence-corrected chi connectivity index (χ4v) is 3.05. The number of methoxy groups -OCH3 is 1. The largest absolute Gasteiger partial charge is 0.496 e. The van der Waals surface area contributed by atoms with Crippen molar-refractivity contribution in [2.45, 2.75) is 19.5 Å². The standard InChI is InChI=1S/C20H26BrN3O2/c1-14(16-7-10-19(26-4)18(21)11-16)22-13-20(25)23-12-15-5-8-17(9-6-15)24(2)3/h5-11,14,22H,12-13H2,1-4H3,(H,23,25)/t14-/m0/s1. The van der Waals surface area contributed by atoms with E-state index in [2.05, 4.69) is 26.6 Å². The summed E-state index contributed by atoms with van der Waals surface area (Å²) >= 11 is 3.49. The molecule has 0 bridgehead atoms. The van der Waals surface area contributed by atoms with Gasteiger partial charge in [0.05, 0.1) is 18.1 Å². The zero-order valence-corrected chi connectivity index (χ0v) is 17.3. The first-order valence-corrected chi connectivity index (χ1v) is 9.29. The molecule has 0 saturated heterocycles. The van der Waals surface area contributed by atoms with E-state index in [9.17, 15) is 4.79 Å². The predicted molar refractivity (Wildman–Crippen MR) is 110 cm³/mol. The molecule has 2 aromatic carbocycles. The Kier molecular flexibility index (Phi) is 7.48. The molecule has 2 N–H and O–H groups in total. The van der Waals surface area contributed by atoms with Crippen molar-refractivity contribution in [3.63, 3.8) is 0 Å². The number of hydrogen-bond acceptors (Lipinski definition) is 4. The molecule has 6 heteroatoms. The number of carbonyl (C=O) groups excluding carboxylic acids is 1. The maximum absolute atomic E-state index is 12.1. The molecule has 1 amide bonds. The van der Waals surface area contributed by atoms with Gasteiger partial charge in [-0.3, -0.25) is 4.79 Å². The minimum atomic E-state index is -0.0267. The van der Waals surface area contributed by atoms with Crippen LogP contribution in [0.2, 0.25) is 0 Å². The molecule has 0 aliphatic carbocycles. The fraction of sp³-hybridized carbons (Fsp3) is 0.350. The van der Waals surface area contributed by atoms with E-state index in [1.54, 1.807) is 7.11 Å². The van der Waals surface area contributed by atoms with Gasteiger partial charge in [-0.2, -0.15) is 0 Å². The SMILES string of the molecule is COc1ccc([C@H](C)NCC(=O)NCc2ccc(N(C)C)cc2)cc1Br. The van der Waals surface area contributed by atoms with Gasteiger partial charge >= 0.3 is 0 Å². The summed E-state index contributed by atoms with van der Waals surface area (Å²) in [6.07, 6.45) is 0. The molecule has 0 radical (unpaired) electrons. The molecule has 0 fully saturated rings. The second-order valence-corrected chi connectivity index (χ2v) is 7.19. The van der Waals surface area contributed by atoms with Crippen LogP contribution in [0.4, 0.5) is 5.69 Å².